The first-order valence-electron chi connectivity index (χ1n) is 6.17. The summed E-state index contributed by atoms with van der Waals surface area (Å²) in [6, 6.07) is 0. The first-order valence-corrected chi connectivity index (χ1v) is 6.17. The lowest BCUT2D eigenvalue weighted by Gasteiger charge is -2.27. The van der Waals surface area contributed by atoms with Crippen LogP contribution in [0.25, 0.3) is 0 Å². The third-order valence-electron chi connectivity index (χ3n) is 2.84. The van der Waals surface area contributed by atoms with Gasteiger partial charge in [0.15, 0.2) is 0 Å². The van der Waals surface area contributed by atoms with E-state index in [1.54, 1.807) is 6.20 Å². The summed E-state index contributed by atoms with van der Waals surface area (Å²) in [4.78, 5) is 22.5. The Kier molecular flexibility index (Phi) is 4.09. The van der Waals surface area contributed by atoms with Gasteiger partial charge in [-0.1, -0.05) is 0 Å². The molecule has 0 bridgehead atoms. The van der Waals surface area contributed by atoms with Crippen molar-refractivity contribution >= 4 is 11.9 Å². The molecule has 1 amide bonds. The van der Waals surface area contributed by atoms with E-state index in [9.17, 15) is 4.79 Å². The van der Waals surface area contributed by atoms with Gasteiger partial charge in [-0.05, 0) is 13.8 Å². The van der Waals surface area contributed by atoms with Crippen LogP contribution in [-0.2, 0) is 4.74 Å². The van der Waals surface area contributed by atoms with E-state index in [0.29, 0.717) is 37.0 Å². The lowest BCUT2D eigenvalue weighted by Crippen LogP contribution is -2.37. The summed E-state index contributed by atoms with van der Waals surface area (Å²) in [7, 11) is 0. The highest BCUT2D eigenvalue weighted by Gasteiger charge is 2.16. The van der Waals surface area contributed by atoms with Crippen LogP contribution in [0.2, 0.25) is 0 Å². The number of aryl methyl sites for hydroxylation is 1. The van der Waals surface area contributed by atoms with E-state index in [0.717, 1.165) is 13.1 Å². The van der Waals surface area contributed by atoms with Crippen molar-refractivity contribution < 1.29 is 9.53 Å². The summed E-state index contributed by atoms with van der Waals surface area (Å²) < 4.78 is 5.28. The van der Waals surface area contributed by atoms with Crippen molar-refractivity contribution in [2.24, 2.45) is 0 Å². The molecule has 0 atom stereocenters. The topological polar surface area (TPSA) is 67.4 Å². The molecule has 2 heterocycles. The number of ether oxygens (including phenoxy) is 1. The van der Waals surface area contributed by atoms with Crippen LogP contribution < -0.4 is 10.2 Å². The maximum Gasteiger partial charge on any atom is 0.254 e. The number of aromatic nitrogens is 2. The van der Waals surface area contributed by atoms with Crippen molar-refractivity contribution in [3.63, 3.8) is 0 Å². The van der Waals surface area contributed by atoms with Crippen molar-refractivity contribution in [1.82, 2.24) is 15.3 Å². The zero-order valence-electron chi connectivity index (χ0n) is 10.8. The van der Waals surface area contributed by atoms with Crippen molar-refractivity contribution in [1.29, 1.82) is 0 Å². The Hall–Kier alpha value is -1.69. The Balaban J connectivity index is 2.16. The average Bonchev–Trinajstić information content (AvgIpc) is 2.40. The molecule has 0 saturated carbocycles. The van der Waals surface area contributed by atoms with Gasteiger partial charge in [-0.15, -0.1) is 0 Å². The second-order valence-corrected chi connectivity index (χ2v) is 4.13. The summed E-state index contributed by atoms with van der Waals surface area (Å²) in [6.45, 7) is 7.29. The smallest absolute Gasteiger partial charge is 0.254 e. The number of amides is 1. The highest BCUT2D eigenvalue weighted by atomic mass is 16.5. The molecule has 1 aliphatic rings. The Morgan fingerprint density at radius 2 is 2.22 bits per heavy atom. The highest BCUT2D eigenvalue weighted by molar-refractivity contribution is 5.94. The quantitative estimate of drug-likeness (QED) is 0.839. The molecule has 2 rings (SSSR count). The van der Waals surface area contributed by atoms with Crippen molar-refractivity contribution in [2.75, 3.05) is 37.7 Å². The van der Waals surface area contributed by atoms with Gasteiger partial charge in [0.2, 0.25) is 5.95 Å². The molecule has 6 heteroatoms. The highest BCUT2D eigenvalue weighted by Crippen LogP contribution is 2.12. The van der Waals surface area contributed by atoms with Gasteiger partial charge in [0.1, 0.15) is 0 Å². The Morgan fingerprint density at radius 3 is 2.83 bits per heavy atom. The summed E-state index contributed by atoms with van der Waals surface area (Å²) >= 11 is 0. The molecule has 1 saturated heterocycles. The maximum atomic E-state index is 11.7. The monoisotopic (exact) mass is 250 g/mol. The molecule has 0 aromatic carbocycles. The van der Waals surface area contributed by atoms with Crippen LogP contribution in [0.15, 0.2) is 6.20 Å². The van der Waals surface area contributed by atoms with Crippen LogP contribution in [0.5, 0.6) is 0 Å². The summed E-state index contributed by atoms with van der Waals surface area (Å²) in [6.07, 6.45) is 1.60. The van der Waals surface area contributed by atoms with E-state index < -0.39 is 0 Å². The minimum absolute atomic E-state index is 0.122. The first kappa shape index (κ1) is 12.8. The van der Waals surface area contributed by atoms with Gasteiger partial charge in [0, 0.05) is 25.8 Å². The summed E-state index contributed by atoms with van der Waals surface area (Å²) in [5, 5.41) is 2.75. The van der Waals surface area contributed by atoms with Gasteiger partial charge in [0.25, 0.3) is 5.91 Å². The first-order chi connectivity index (χ1) is 8.72. The largest absolute Gasteiger partial charge is 0.378 e. The fourth-order valence-electron chi connectivity index (χ4n) is 1.85. The van der Waals surface area contributed by atoms with Crippen molar-refractivity contribution in [3.05, 3.63) is 17.5 Å². The number of hydrogen-bond acceptors (Lipinski definition) is 5. The molecule has 1 aromatic rings. The zero-order valence-corrected chi connectivity index (χ0v) is 10.8. The van der Waals surface area contributed by atoms with Crippen molar-refractivity contribution in [3.8, 4) is 0 Å². The Bertz CT molecular complexity index is 430. The van der Waals surface area contributed by atoms with Crippen LogP contribution >= 0.6 is 0 Å². The lowest BCUT2D eigenvalue weighted by atomic mass is 10.2. The molecule has 6 nitrogen and oxygen atoms in total. The number of hydrogen-bond donors (Lipinski definition) is 1. The minimum Gasteiger partial charge on any atom is -0.378 e. The zero-order chi connectivity index (χ0) is 13.0. The van der Waals surface area contributed by atoms with E-state index in [1.807, 2.05) is 13.8 Å². The third-order valence-corrected chi connectivity index (χ3v) is 2.84. The molecule has 18 heavy (non-hydrogen) atoms. The molecule has 0 aliphatic carbocycles. The van der Waals surface area contributed by atoms with E-state index in [4.69, 9.17) is 4.74 Å². The summed E-state index contributed by atoms with van der Waals surface area (Å²) in [5.74, 6) is 0.548. The van der Waals surface area contributed by atoms with Gasteiger partial charge in [-0.3, -0.25) is 4.79 Å². The van der Waals surface area contributed by atoms with E-state index >= 15 is 0 Å². The van der Waals surface area contributed by atoms with Gasteiger partial charge in [0.05, 0.1) is 24.5 Å². The van der Waals surface area contributed by atoms with Crippen LogP contribution in [0.4, 0.5) is 5.95 Å². The number of nitrogens with zero attached hydrogens (tertiary/aromatic N) is 3. The van der Waals surface area contributed by atoms with Gasteiger partial charge >= 0.3 is 0 Å². The maximum absolute atomic E-state index is 11.7. The van der Waals surface area contributed by atoms with E-state index in [2.05, 4.69) is 20.2 Å². The summed E-state index contributed by atoms with van der Waals surface area (Å²) in [5.41, 5.74) is 1.24. The molecule has 1 fully saturated rings. The fraction of sp³-hybridized carbons (Fsp3) is 0.583. The van der Waals surface area contributed by atoms with E-state index in [1.165, 1.54) is 0 Å². The Labute approximate surface area is 106 Å². The van der Waals surface area contributed by atoms with Gasteiger partial charge in [-0.2, -0.15) is 0 Å². The third kappa shape index (κ3) is 2.76. The SMILES string of the molecule is CCNC(=O)c1cnc(N2CCOCC2)nc1C. The van der Waals surface area contributed by atoms with Crippen LogP contribution in [0.3, 0.4) is 0 Å². The van der Waals surface area contributed by atoms with E-state index in [-0.39, 0.29) is 5.91 Å². The van der Waals surface area contributed by atoms with Gasteiger partial charge < -0.3 is 15.0 Å². The van der Waals surface area contributed by atoms with Crippen LogP contribution in [-0.4, -0.2) is 48.7 Å². The molecule has 0 spiro atoms. The molecule has 0 radical (unpaired) electrons. The predicted octanol–water partition coefficient (Wildman–Crippen LogP) is 0.371. The van der Waals surface area contributed by atoms with Crippen LogP contribution in [0.1, 0.15) is 23.0 Å². The lowest BCUT2D eigenvalue weighted by molar-refractivity contribution is 0.0954. The second-order valence-electron chi connectivity index (χ2n) is 4.13. The van der Waals surface area contributed by atoms with Crippen LogP contribution in [0, 0.1) is 6.92 Å². The molecule has 1 aromatic heterocycles. The number of anilines is 1. The second kappa shape index (κ2) is 5.77. The molecular formula is C12H18N4O2. The normalized spacial score (nSPS) is 15.6. The molecular weight excluding hydrogens is 232 g/mol. The number of morpholine rings is 1. The number of carbonyl (C=O) groups excluding carboxylic acids is 1. The standard InChI is InChI=1S/C12H18N4O2/c1-3-13-11(17)10-8-14-12(15-9(10)2)16-4-6-18-7-5-16/h8H,3-7H2,1-2H3,(H,13,17). The number of carbonyl (C=O) groups is 1. The number of nitrogens with one attached hydrogen (secondary N) is 1. The predicted molar refractivity (Wildman–Crippen MR) is 67.8 cm³/mol. The fourth-order valence-corrected chi connectivity index (χ4v) is 1.85. The molecule has 1 N–H and O–H groups in total. The van der Waals surface area contributed by atoms with Crippen molar-refractivity contribution in [2.45, 2.75) is 13.8 Å². The van der Waals surface area contributed by atoms with Gasteiger partial charge in [-0.25, -0.2) is 9.97 Å². The molecule has 0 unspecified atom stereocenters. The number of rotatable bonds is 3. The minimum atomic E-state index is -0.122. The molecule has 98 valence electrons. The molecule has 1 aliphatic heterocycles. The average molecular weight is 250 g/mol. The Morgan fingerprint density at radius 1 is 1.50 bits per heavy atom.